The van der Waals surface area contributed by atoms with Crippen LogP contribution in [0.1, 0.15) is 19.5 Å². The monoisotopic (exact) mass is 263 g/mol. The molecule has 6 heteroatoms. The molecule has 1 aliphatic rings. The summed E-state index contributed by atoms with van der Waals surface area (Å²) in [4.78, 5) is 8.07. The van der Waals surface area contributed by atoms with Gasteiger partial charge in [-0.25, -0.2) is 14.4 Å². The Hall–Kier alpha value is -1.95. The molecule has 0 saturated carbocycles. The molecule has 1 aromatic rings. The van der Waals surface area contributed by atoms with Gasteiger partial charge in [-0.1, -0.05) is 0 Å². The average molecular weight is 263 g/mol. The minimum atomic E-state index is -0.502. The molecule has 19 heavy (non-hydrogen) atoms. The van der Waals surface area contributed by atoms with Crippen LogP contribution in [0.3, 0.4) is 0 Å². The van der Waals surface area contributed by atoms with E-state index in [1.165, 1.54) is 6.07 Å². The number of nitrogens with one attached hydrogen (secondary N) is 1. The van der Waals surface area contributed by atoms with Crippen LogP contribution in [-0.2, 0) is 0 Å². The maximum atomic E-state index is 13.6. The van der Waals surface area contributed by atoms with Crippen LogP contribution in [0, 0.1) is 12.7 Å². The Kier molecular flexibility index (Phi) is 3.28. The average Bonchev–Trinajstić information content (AvgIpc) is 2.59. The predicted octanol–water partition coefficient (Wildman–Crippen LogP) is 1.11. The Morgan fingerprint density at radius 2 is 2.16 bits per heavy atom. The van der Waals surface area contributed by atoms with E-state index in [1.54, 1.807) is 13.0 Å². The molecule has 0 fully saturated rings. The smallest absolute Gasteiger partial charge is 0.190 e. The third-order valence-corrected chi connectivity index (χ3v) is 3.21. The van der Waals surface area contributed by atoms with Crippen molar-refractivity contribution in [1.29, 1.82) is 0 Å². The fourth-order valence-corrected chi connectivity index (χ4v) is 1.89. The normalized spacial score (nSPS) is 19.1. The summed E-state index contributed by atoms with van der Waals surface area (Å²) in [5.41, 5.74) is 13.6. The van der Waals surface area contributed by atoms with Crippen molar-refractivity contribution >= 4 is 11.7 Å². The molecule has 102 valence electrons. The van der Waals surface area contributed by atoms with Crippen molar-refractivity contribution in [1.82, 2.24) is 10.3 Å². The van der Waals surface area contributed by atoms with Crippen molar-refractivity contribution in [2.45, 2.75) is 26.3 Å². The summed E-state index contributed by atoms with van der Waals surface area (Å²) in [6.45, 7) is 6.19. The summed E-state index contributed by atoms with van der Waals surface area (Å²) in [5, 5.41) is 3.21. The van der Waals surface area contributed by atoms with E-state index in [2.05, 4.69) is 15.3 Å². The molecule has 0 radical (unpaired) electrons. The molecule has 0 spiro atoms. The molecular formula is C13H18FN5. The van der Waals surface area contributed by atoms with Gasteiger partial charge in [-0.3, -0.25) is 0 Å². The number of nitrogens with two attached hydrogens (primary N) is 2. The molecule has 0 unspecified atom stereocenters. The quantitative estimate of drug-likeness (QED) is 0.551. The first-order chi connectivity index (χ1) is 8.81. The summed E-state index contributed by atoms with van der Waals surface area (Å²) in [5.74, 6) is -0.312. The van der Waals surface area contributed by atoms with Crippen molar-refractivity contribution in [3.8, 4) is 0 Å². The fraction of sp³-hybridized carbons (Fsp3) is 0.385. The summed E-state index contributed by atoms with van der Waals surface area (Å²) in [6, 6.07) is 2.90. The number of aliphatic imine (C=N–C) groups is 1. The summed E-state index contributed by atoms with van der Waals surface area (Å²) < 4.78 is 13.6. The second-order valence-electron chi connectivity index (χ2n) is 5.13. The largest absolute Gasteiger partial charge is 0.400 e. The van der Waals surface area contributed by atoms with Gasteiger partial charge in [0.05, 0.1) is 5.54 Å². The highest BCUT2D eigenvalue weighted by atomic mass is 19.1. The van der Waals surface area contributed by atoms with E-state index in [1.807, 2.05) is 13.8 Å². The molecule has 1 aromatic heterocycles. The van der Waals surface area contributed by atoms with E-state index in [-0.39, 0.29) is 17.2 Å². The van der Waals surface area contributed by atoms with Gasteiger partial charge in [0.1, 0.15) is 5.84 Å². The van der Waals surface area contributed by atoms with Crippen molar-refractivity contribution in [3.05, 3.63) is 34.9 Å². The summed E-state index contributed by atoms with van der Waals surface area (Å²) >= 11 is 0. The minimum absolute atomic E-state index is 0.0116. The Labute approximate surface area is 111 Å². The summed E-state index contributed by atoms with van der Waals surface area (Å²) in [7, 11) is 0. The molecule has 5 N–H and O–H groups in total. The predicted molar refractivity (Wildman–Crippen MR) is 73.5 cm³/mol. The summed E-state index contributed by atoms with van der Waals surface area (Å²) in [6.07, 6.45) is 0. The first kappa shape index (κ1) is 13.5. The highest BCUT2D eigenvalue weighted by Crippen LogP contribution is 2.23. The zero-order valence-electron chi connectivity index (χ0n) is 11.3. The molecule has 2 heterocycles. The number of hydrogen-bond acceptors (Lipinski definition) is 4. The second kappa shape index (κ2) is 4.62. The van der Waals surface area contributed by atoms with Crippen LogP contribution in [0.25, 0.3) is 0 Å². The van der Waals surface area contributed by atoms with E-state index in [4.69, 9.17) is 11.5 Å². The zero-order chi connectivity index (χ0) is 14.2. The molecule has 2 rings (SSSR count). The third kappa shape index (κ3) is 2.58. The topological polar surface area (TPSA) is 89.3 Å². The van der Waals surface area contributed by atoms with Crippen LogP contribution in [0.15, 0.2) is 28.4 Å². The molecule has 0 bridgehead atoms. The van der Waals surface area contributed by atoms with Crippen LogP contribution in [0.2, 0.25) is 0 Å². The van der Waals surface area contributed by atoms with E-state index in [9.17, 15) is 4.39 Å². The SMILES string of the molecule is Cc1ccc(F)c(N=C(N)C2=C(N)C(C)(C)NC2)n1. The minimum Gasteiger partial charge on any atom is -0.400 e. The second-order valence-corrected chi connectivity index (χ2v) is 5.13. The Morgan fingerprint density at radius 3 is 2.74 bits per heavy atom. The van der Waals surface area contributed by atoms with Gasteiger partial charge >= 0.3 is 0 Å². The van der Waals surface area contributed by atoms with Crippen LogP contribution in [0.4, 0.5) is 10.2 Å². The van der Waals surface area contributed by atoms with Crippen LogP contribution >= 0.6 is 0 Å². The number of hydrogen-bond donors (Lipinski definition) is 3. The highest BCUT2D eigenvalue weighted by molar-refractivity contribution is 6.00. The molecule has 5 nitrogen and oxygen atoms in total. The van der Waals surface area contributed by atoms with Gasteiger partial charge in [0.25, 0.3) is 0 Å². The van der Waals surface area contributed by atoms with Gasteiger partial charge in [0, 0.05) is 23.5 Å². The van der Waals surface area contributed by atoms with Crippen molar-refractivity contribution in [2.24, 2.45) is 16.5 Å². The maximum absolute atomic E-state index is 13.6. The lowest BCUT2D eigenvalue weighted by Crippen LogP contribution is -2.38. The first-order valence-corrected chi connectivity index (χ1v) is 6.03. The van der Waals surface area contributed by atoms with Gasteiger partial charge in [-0.15, -0.1) is 0 Å². The molecule has 0 saturated heterocycles. The highest BCUT2D eigenvalue weighted by Gasteiger charge is 2.31. The number of rotatable bonds is 2. The zero-order valence-corrected chi connectivity index (χ0v) is 11.3. The number of amidine groups is 1. The molecule has 0 atom stereocenters. The number of pyridine rings is 1. The molecule has 0 aliphatic carbocycles. The fourth-order valence-electron chi connectivity index (χ4n) is 1.89. The lowest BCUT2D eigenvalue weighted by Gasteiger charge is -2.19. The Morgan fingerprint density at radius 1 is 1.47 bits per heavy atom. The number of nitrogens with zero attached hydrogens (tertiary/aromatic N) is 2. The van der Waals surface area contributed by atoms with Crippen LogP contribution < -0.4 is 16.8 Å². The van der Waals surface area contributed by atoms with Gasteiger partial charge < -0.3 is 16.8 Å². The molecule has 0 aromatic carbocycles. The molecule has 0 amide bonds. The first-order valence-electron chi connectivity index (χ1n) is 6.03. The van der Waals surface area contributed by atoms with E-state index >= 15 is 0 Å². The standard InChI is InChI=1S/C13H18FN5/c1-7-4-5-9(14)12(18-7)19-11(16)8-6-17-13(2,3)10(8)15/h4-5,17H,6,15H2,1-3H3,(H2,16,18,19). The lowest BCUT2D eigenvalue weighted by molar-refractivity contribution is 0.504. The Balaban J connectivity index is 2.40. The third-order valence-electron chi connectivity index (χ3n) is 3.21. The van der Waals surface area contributed by atoms with Crippen molar-refractivity contribution < 1.29 is 4.39 Å². The number of aromatic nitrogens is 1. The van der Waals surface area contributed by atoms with Crippen LogP contribution in [0.5, 0.6) is 0 Å². The molecule has 1 aliphatic heterocycles. The van der Waals surface area contributed by atoms with Gasteiger partial charge in [0.15, 0.2) is 11.6 Å². The van der Waals surface area contributed by atoms with Crippen molar-refractivity contribution in [3.63, 3.8) is 0 Å². The molecular weight excluding hydrogens is 245 g/mol. The van der Waals surface area contributed by atoms with Crippen LogP contribution in [-0.4, -0.2) is 22.9 Å². The maximum Gasteiger partial charge on any atom is 0.190 e. The Bertz CT molecular complexity index is 574. The van der Waals surface area contributed by atoms with E-state index in [0.717, 1.165) is 0 Å². The van der Waals surface area contributed by atoms with E-state index < -0.39 is 5.82 Å². The number of aryl methyl sites for hydroxylation is 1. The number of halogens is 1. The lowest BCUT2D eigenvalue weighted by atomic mass is 10.0. The van der Waals surface area contributed by atoms with Gasteiger partial charge in [0.2, 0.25) is 0 Å². The van der Waals surface area contributed by atoms with Gasteiger partial charge in [-0.05, 0) is 32.9 Å². The van der Waals surface area contributed by atoms with Crippen molar-refractivity contribution in [2.75, 3.05) is 6.54 Å². The van der Waals surface area contributed by atoms with E-state index in [0.29, 0.717) is 23.5 Å². The van der Waals surface area contributed by atoms with Gasteiger partial charge in [-0.2, -0.15) is 0 Å².